The van der Waals surface area contributed by atoms with Gasteiger partial charge in [-0.25, -0.2) is 0 Å². The zero-order chi connectivity index (χ0) is 12.7. The molecule has 0 aliphatic carbocycles. The summed E-state index contributed by atoms with van der Waals surface area (Å²) in [5.74, 6) is 1.69. The first-order valence-corrected chi connectivity index (χ1v) is 6.98. The SMILES string of the molecule is Cc1ccc(Br)cc1OCCCNCC(C)C. The van der Waals surface area contributed by atoms with Gasteiger partial charge in [0, 0.05) is 4.47 Å². The van der Waals surface area contributed by atoms with Crippen LogP contribution in [-0.4, -0.2) is 19.7 Å². The molecule has 0 aromatic heterocycles. The van der Waals surface area contributed by atoms with Crippen molar-refractivity contribution in [3.63, 3.8) is 0 Å². The van der Waals surface area contributed by atoms with Crippen molar-refractivity contribution in [2.45, 2.75) is 27.2 Å². The van der Waals surface area contributed by atoms with Gasteiger partial charge in [-0.2, -0.15) is 0 Å². The second kappa shape index (κ2) is 7.72. The number of aryl methyl sites for hydroxylation is 1. The predicted octanol–water partition coefficient (Wildman–Crippen LogP) is 3.77. The standard InChI is InChI=1S/C14H22BrNO/c1-11(2)10-16-7-4-8-17-14-9-13(15)6-5-12(14)3/h5-6,9,11,16H,4,7-8,10H2,1-3H3. The number of rotatable bonds is 7. The van der Waals surface area contributed by atoms with Crippen LogP contribution in [0.15, 0.2) is 22.7 Å². The minimum atomic E-state index is 0.711. The summed E-state index contributed by atoms with van der Waals surface area (Å²) in [6, 6.07) is 6.12. The van der Waals surface area contributed by atoms with E-state index in [9.17, 15) is 0 Å². The van der Waals surface area contributed by atoms with Crippen LogP contribution in [0.4, 0.5) is 0 Å². The largest absolute Gasteiger partial charge is 0.493 e. The van der Waals surface area contributed by atoms with Crippen molar-refractivity contribution in [2.75, 3.05) is 19.7 Å². The molecule has 1 N–H and O–H groups in total. The number of nitrogens with one attached hydrogen (secondary N) is 1. The van der Waals surface area contributed by atoms with Gasteiger partial charge >= 0.3 is 0 Å². The molecular weight excluding hydrogens is 278 g/mol. The summed E-state index contributed by atoms with van der Waals surface area (Å²) in [5.41, 5.74) is 1.18. The third-order valence-electron chi connectivity index (χ3n) is 2.46. The van der Waals surface area contributed by atoms with Gasteiger partial charge < -0.3 is 10.1 Å². The van der Waals surface area contributed by atoms with Gasteiger partial charge in [-0.1, -0.05) is 35.8 Å². The van der Waals surface area contributed by atoms with Crippen LogP contribution >= 0.6 is 15.9 Å². The molecule has 0 aliphatic rings. The molecule has 0 heterocycles. The quantitative estimate of drug-likeness (QED) is 0.774. The maximum absolute atomic E-state index is 5.75. The Kier molecular flexibility index (Phi) is 6.60. The highest BCUT2D eigenvalue weighted by Gasteiger charge is 2.00. The van der Waals surface area contributed by atoms with Crippen molar-refractivity contribution in [1.82, 2.24) is 5.32 Å². The lowest BCUT2D eigenvalue weighted by Gasteiger charge is -2.10. The maximum atomic E-state index is 5.75. The van der Waals surface area contributed by atoms with E-state index in [0.717, 1.165) is 36.3 Å². The minimum absolute atomic E-state index is 0.711. The fourth-order valence-corrected chi connectivity index (χ4v) is 1.84. The third-order valence-corrected chi connectivity index (χ3v) is 2.95. The Morgan fingerprint density at radius 2 is 2.12 bits per heavy atom. The Morgan fingerprint density at radius 3 is 2.82 bits per heavy atom. The van der Waals surface area contributed by atoms with Crippen molar-refractivity contribution in [3.8, 4) is 5.75 Å². The second-order valence-electron chi connectivity index (χ2n) is 4.71. The van der Waals surface area contributed by atoms with Crippen LogP contribution in [-0.2, 0) is 0 Å². The van der Waals surface area contributed by atoms with Crippen LogP contribution in [0.2, 0.25) is 0 Å². The Bertz CT molecular complexity index is 339. The van der Waals surface area contributed by atoms with E-state index < -0.39 is 0 Å². The molecule has 96 valence electrons. The van der Waals surface area contributed by atoms with Gasteiger partial charge in [0.25, 0.3) is 0 Å². The Balaban J connectivity index is 2.20. The number of halogens is 1. The molecule has 0 aliphatic heterocycles. The van der Waals surface area contributed by atoms with Crippen molar-refractivity contribution in [3.05, 3.63) is 28.2 Å². The second-order valence-corrected chi connectivity index (χ2v) is 5.63. The average molecular weight is 300 g/mol. The summed E-state index contributed by atoms with van der Waals surface area (Å²) in [4.78, 5) is 0. The molecule has 1 rings (SSSR count). The summed E-state index contributed by atoms with van der Waals surface area (Å²) >= 11 is 3.45. The summed E-state index contributed by atoms with van der Waals surface area (Å²) in [7, 11) is 0. The third kappa shape index (κ3) is 6.08. The molecule has 0 atom stereocenters. The van der Waals surface area contributed by atoms with Crippen molar-refractivity contribution < 1.29 is 4.74 Å². The van der Waals surface area contributed by atoms with Gasteiger partial charge in [0.1, 0.15) is 5.75 Å². The first kappa shape index (κ1) is 14.5. The van der Waals surface area contributed by atoms with Crippen molar-refractivity contribution >= 4 is 15.9 Å². The molecule has 0 fully saturated rings. The van der Waals surface area contributed by atoms with E-state index in [4.69, 9.17) is 4.74 Å². The molecule has 2 nitrogen and oxygen atoms in total. The van der Waals surface area contributed by atoms with E-state index in [-0.39, 0.29) is 0 Å². The van der Waals surface area contributed by atoms with E-state index >= 15 is 0 Å². The molecule has 1 aromatic rings. The van der Waals surface area contributed by atoms with Gasteiger partial charge in [0.2, 0.25) is 0 Å². The molecule has 0 saturated heterocycles. The Labute approximate surface area is 113 Å². The van der Waals surface area contributed by atoms with Gasteiger partial charge in [-0.05, 0) is 50.0 Å². The van der Waals surface area contributed by atoms with E-state index in [2.05, 4.69) is 48.1 Å². The lowest BCUT2D eigenvalue weighted by molar-refractivity contribution is 0.305. The molecule has 0 unspecified atom stereocenters. The normalized spacial score (nSPS) is 10.9. The van der Waals surface area contributed by atoms with E-state index in [0.29, 0.717) is 5.92 Å². The monoisotopic (exact) mass is 299 g/mol. The van der Waals surface area contributed by atoms with E-state index in [1.165, 1.54) is 5.56 Å². The van der Waals surface area contributed by atoms with E-state index in [1.807, 2.05) is 12.1 Å². The van der Waals surface area contributed by atoms with Crippen LogP contribution in [0, 0.1) is 12.8 Å². The molecule has 0 radical (unpaired) electrons. The Morgan fingerprint density at radius 1 is 1.35 bits per heavy atom. The number of hydrogen-bond donors (Lipinski definition) is 1. The smallest absolute Gasteiger partial charge is 0.123 e. The van der Waals surface area contributed by atoms with Gasteiger partial charge in [0.15, 0.2) is 0 Å². The summed E-state index contributed by atoms with van der Waals surface area (Å²) in [6.45, 7) is 9.37. The summed E-state index contributed by atoms with van der Waals surface area (Å²) < 4.78 is 6.82. The zero-order valence-electron chi connectivity index (χ0n) is 10.9. The molecule has 0 saturated carbocycles. The lowest BCUT2D eigenvalue weighted by atomic mass is 10.2. The van der Waals surface area contributed by atoms with Gasteiger partial charge in [0.05, 0.1) is 6.61 Å². The minimum Gasteiger partial charge on any atom is -0.493 e. The molecule has 3 heteroatoms. The van der Waals surface area contributed by atoms with Crippen molar-refractivity contribution in [1.29, 1.82) is 0 Å². The zero-order valence-corrected chi connectivity index (χ0v) is 12.5. The highest BCUT2D eigenvalue weighted by Crippen LogP contribution is 2.22. The van der Waals surface area contributed by atoms with E-state index in [1.54, 1.807) is 0 Å². The topological polar surface area (TPSA) is 21.3 Å². The molecular formula is C14H22BrNO. The summed E-state index contributed by atoms with van der Waals surface area (Å²) in [6.07, 6.45) is 1.04. The lowest BCUT2D eigenvalue weighted by Crippen LogP contribution is -2.22. The van der Waals surface area contributed by atoms with Crippen LogP contribution in [0.25, 0.3) is 0 Å². The van der Waals surface area contributed by atoms with Gasteiger partial charge in [-0.3, -0.25) is 0 Å². The highest BCUT2D eigenvalue weighted by atomic mass is 79.9. The molecule has 0 spiro atoms. The first-order chi connectivity index (χ1) is 8.09. The number of hydrogen-bond acceptors (Lipinski definition) is 2. The van der Waals surface area contributed by atoms with Crippen LogP contribution in [0.5, 0.6) is 5.75 Å². The van der Waals surface area contributed by atoms with Crippen LogP contribution in [0.1, 0.15) is 25.8 Å². The van der Waals surface area contributed by atoms with Crippen LogP contribution < -0.4 is 10.1 Å². The average Bonchev–Trinajstić information content (AvgIpc) is 2.27. The molecule has 17 heavy (non-hydrogen) atoms. The Hall–Kier alpha value is -0.540. The van der Waals surface area contributed by atoms with Crippen LogP contribution in [0.3, 0.4) is 0 Å². The molecule has 0 amide bonds. The fraction of sp³-hybridized carbons (Fsp3) is 0.571. The summed E-state index contributed by atoms with van der Waals surface area (Å²) in [5, 5.41) is 3.41. The van der Waals surface area contributed by atoms with Crippen molar-refractivity contribution in [2.24, 2.45) is 5.92 Å². The maximum Gasteiger partial charge on any atom is 0.123 e. The molecule has 0 bridgehead atoms. The number of ether oxygens (including phenoxy) is 1. The fourth-order valence-electron chi connectivity index (χ4n) is 1.50. The first-order valence-electron chi connectivity index (χ1n) is 6.19. The highest BCUT2D eigenvalue weighted by molar-refractivity contribution is 9.10. The van der Waals surface area contributed by atoms with Gasteiger partial charge in [-0.15, -0.1) is 0 Å². The predicted molar refractivity (Wildman–Crippen MR) is 76.7 cm³/mol. The molecule has 1 aromatic carbocycles. The number of benzene rings is 1.